The molecule has 3 heterocycles. The van der Waals surface area contributed by atoms with Gasteiger partial charge in [-0.1, -0.05) is 0 Å². The number of rotatable bonds is 3. The van der Waals surface area contributed by atoms with Crippen molar-refractivity contribution in [2.24, 2.45) is 14.1 Å². The van der Waals surface area contributed by atoms with Gasteiger partial charge in [0.25, 0.3) is 5.56 Å². The third-order valence-electron chi connectivity index (χ3n) is 4.63. The monoisotopic (exact) mass is 369 g/mol. The van der Waals surface area contributed by atoms with Gasteiger partial charge in [0.2, 0.25) is 5.91 Å². The van der Waals surface area contributed by atoms with Crippen molar-refractivity contribution >= 4 is 26.9 Å². The van der Waals surface area contributed by atoms with Crippen LogP contribution in [0.25, 0.3) is 11.2 Å². The molecule has 1 aliphatic rings. The average molecular weight is 369 g/mol. The predicted octanol–water partition coefficient (Wildman–Crippen LogP) is -1.92. The van der Waals surface area contributed by atoms with Crippen LogP contribution in [0.4, 0.5) is 0 Å². The molecule has 0 aromatic carbocycles. The van der Waals surface area contributed by atoms with Crippen molar-refractivity contribution in [1.82, 2.24) is 23.6 Å². The third kappa shape index (κ3) is 2.88. The van der Waals surface area contributed by atoms with Gasteiger partial charge in [-0.2, -0.15) is 0 Å². The molecule has 1 aliphatic heterocycles. The van der Waals surface area contributed by atoms with E-state index in [0.717, 1.165) is 4.57 Å². The van der Waals surface area contributed by atoms with Gasteiger partial charge in [0, 0.05) is 33.4 Å². The number of amides is 1. The van der Waals surface area contributed by atoms with Crippen molar-refractivity contribution in [1.29, 1.82) is 0 Å². The highest BCUT2D eigenvalue weighted by molar-refractivity contribution is 7.91. The normalized spacial score (nSPS) is 18.2. The Morgan fingerprint density at radius 2 is 1.96 bits per heavy atom. The van der Waals surface area contributed by atoms with E-state index in [-0.39, 0.29) is 30.2 Å². The van der Waals surface area contributed by atoms with Crippen LogP contribution in [0, 0.1) is 0 Å². The minimum Gasteiger partial charge on any atom is -0.340 e. The largest absolute Gasteiger partial charge is 0.340 e. The lowest BCUT2D eigenvalue weighted by molar-refractivity contribution is -0.130. The Morgan fingerprint density at radius 3 is 2.56 bits per heavy atom. The Morgan fingerprint density at radius 1 is 1.28 bits per heavy atom. The molecule has 0 N–H and O–H groups in total. The molecule has 1 saturated heterocycles. The van der Waals surface area contributed by atoms with E-state index in [0.29, 0.717) is 13.0 Å². The molecule has 1 unspecified atom stereocenters. The number of aryl methyl sites for hydroxylation is 1. The predicted molar refractivity (Wildman–Crippen MR) is 90.0 cm³/mol. The molecule has 136 valence electrons. The van der Waals surface area contributed by atoms with Crippen LogP contribution < -0.4 is 11.2 Å². The van der Waals surface area contributed by atoms with E-state index in [1.54, 1.807) is 0 Å². The van der Waals surface area contributed by atoms with Crippen molar-refractivity contribution in [3.8, 4) is 0 Å². The van der Waals surface area contributed by atoms with Crippen molar-refractivity contribution in [3.05, 3.63) is 27.2 Å². The average Bonchev–Trinajstić information content (AvgIpc) is 3.17. The second-order valence-corrected chi connectivity index (χ2v) is 8.66. The van der Waals surface area contributed by atoms with Crippen molar-refractivity contribution in [3.63, 3.8) is 0 Å². The molecule has 11 heteroatoms. The molecular weight excluding hydrogens is 350 g/mol. The van der Waals surface area contributed by atoms with Gasteiger partial charge >= 0.3 is 5.69 Å². The molecule has 25 heavy (non-hydrogen) atoms. The first-order chi connectivity index (χ1) is 11.6. The van der Waals surface area contributed by atoms with Gasteiger partial charge in [-0.25, -0.2) is 18.2 Å². The van der Waals surface area contributed by atoms with Crippen molar-refractivity contribution in [2.45, 2.75) is 18.2 Å². The molecule has 0 bridgehead atoms. The third-order valence-corrected chi connectivity index (χ3v) is 6.22. The Hall–Kier alpha value is -2.43. The van der Waals surface area contributed by atoms with E-state index >= 15 is 0 Å². The summed E-state index contributed by atoms with van der Waals surface area (Å²) in [6, 6.07) is 0. The molecule has 0 saturated carbocycles. The topological polar surface area (TPSA) is 116 Å². The molecule has 1 atom stereocenters. The van der Waals surface area contributed by atoms with Gasteiger partial charge in [-0.15, -0.1) is 0 Å². The van der Waals surface area contributed by atoms with Crippen LogP contribution in [0.15, 0.2) is 15.9 Å². The summed E-state index contributed by atoms with van der Waals surface area (Å²) >= 11 is 0. The number of likely N-dealkylation sites (tertiary alicyclic amines) is 1. The molecule has 2 aromatic rings. The highest BCUT2D eigenvalue weighted by Gasteiger charge is 2.32. The smallest absolute Gasteiger partial charge is 0.332 e. The van der Waals surface area contributed by atoms with Gasteiger partial charge in [0.05, 0.1) is 11.6 Å². The molecule has 1 amide bonds. The van der Waals surface area contributed by atoms with Crippen molar-refractivity contribution < 1.29 is 13.2 Å². The molecule has 0 radical (unpaired) electrons. The van der Waals surface area contributed by atoms with Crippen LogP contribution >= 0.6 is 0 Å². The number of hydrogen-bond acceptors (Lipinski definition) is 6. The molecule has 2 aromatic heterocycles. The number of carbonyl (C=O) groups is 1. The highest BCUT2D eigenvalue weighted by Crippen LogP contribution is 2.17. The van der Waals surface area contributed by atoms with Crippen LogP contribution in [0.2, 0.25) is 0 Å². The maximum Gasteiger partial charge on any atom is 0.332 e. The number of carbonyl (C=O) groups excluding carboxylic acids is 1. The summed E-state index contributed by atoms with van der Waals surface area (Å²) in [6.45, 7) is 0.376. The van der Waals surface area contributed by atoms with E-state index in [1.165, 1.54) is 40.7 Å². The number of nitrogens with zero attached hydrogens (tertiary/aromatic N) is 5. The minimum atomic E-state index is -3.19. The van der Waals surface area contributed by atoms with E-state index < -0.39 is 26.3 Å². The summed E-state index contributed by atoms with van der Waals surface area (Å²) in [6.07, 6.45) is 2.91. The zero-order valence-corrected chi connectivity index (χ0v) is 15.0. The fourth-order valence-corrected chi connectivity index (χ4v) is 4.05. The molecule has 1 fully saturated rings. The second-order valence-electron chi connectivity index (χ2n) is 6.33. The SMILES string of the molecule is Cn1c(=O)c2c(ncn2CC(=O)N2CCC(S(C)(=O)=O)C2)n(C)c1=O. The second kappa shape index (κ2) is 5.83. The van der Waals surface area contributed by atoms with Gasteiger partial charge in [-0.05, 0) is 6.42 Å². The van der Waals surface area contributed by atoms with Crippen LogP contribution in [-0.2, 0) is 35.3 Å². The quantitative estimate of drug-likeness (QED) is 0.623. The summed E-state index contributed by atoms with van der Waals surface area (Å²) in [4.78, 5) is 42.3. The number of sulfone groups is 1. The van der Waals surface area contributed by atoms with E-state index in [2.05, 4.69) is 4.98 Å². The Labute approximate surface area is 143 Å². The standard InChI is InChI=1S/C14H19N5O5S/c1-16-12-11(13(21)17(2)14(16)22)19(8-15-12)7-10(20)18-5-4-9(6-18)25(3,23)24/h8-9H,4-7H2,1-3H3. The Balaban J connectivity index is 1.91. The first-order valence-corrected chi connectivity index (χ1v) is 9.64. The van der Waals surface area contributed by atoms with E-state index in [9.17, 15) is 22.8 Å². The Kier molecular flexibility index (Phi) is 4.06. The summed E-state index contributed by atoms with van der Waals surface area (Å²) in [5, 5.41) is -0.551. The lowest BCUT2D eigenvalue weighted by Crippen LogP contribution is -2.38. The zero-order chi connectivity index (χ0) is 18.5. The lowest BCUT2D eigenvalue weighted by atomic mass is 10.4. The van der Waals surface area contributed by atoms with Crippen LogP contribution in [0.3, 0.4) is 0 Å². The van der Waals surface area contributed by atoms with Crippen LogP contribution in [0.5, 0.6) is 0 Å². The summed E-state index contributed by atoms with van der Waals surface area (Å²) in [5.74, 6) is -0.290. The molecule has 10 nitrogen and oxygen atoms in total. The maximum absolute atomic E-state index is 12.5. The van der Waals surface area contributed by atoms with Gasteiger partial charge in [0.15, 0.2) is 21.0 Å². The number of hydrogen-bond donors (Lipinski definition) is 0. The zero-order valence-electron chi connectivity index (χ0n) is 14.2. The summed E-state index contributed by atoms with van der Waals surface area (Å²) in [5.41, 5.74) is -0.656. The number of aromatic nitrogens is 4. The van der Waals surface area contributed by atoms with E-state index in [4.69, 9.17) is 0 Å². The van der Waals surface area contributed by atoms with Crippen molar-refractivity contribution in [2.75, 3.05) is 19.3 Å². The molecule has 0 spiro atoms. The number of imidazole rings is 1. The summed E-state index contributed by atoms with van der Waals surface area (Å²) < 4.78 is 26.8. The lowest BCUT2D eigenvalue weighted by Gasteiger charge is -2.16. The van der Waals surface area contributed by atoms with Crippen LogP contribution in [-0.4, -0.2) is 62.5 Å². The maximum atomic E-state index is 12.5. The van der Waals surface area contributed by atoms with Gasteiger partial charge < -0.3 is 9.47 Å². The fraction of sp³-hybridized carbons (Fsp3) is 0.571. The van der Waals surface area contributed by atoms with Gasteiger partial charge in [0.1, 0.15) is 6.54 Å². The molecule has 0 aliphatic carbocycles. The minimum absolute atomic E-state index is 0.138. The molecule has 3 rings (SSSR count). The first-order valence-electron chi connectivity index (χ1n) is 7.68. The van der Waals surface area contributed by atoms with Crippen LogP contribution in [0.1, 0.15) is 6.42 Å². The van der Waals surface area contributed by atoms with E-state index in [1.807, 2.05) is 0 Å². The highest BCUT2D eigenvalue weighted by atomic mass is 32.2. The fourth-order valence-electron chi connectivity index (χ4n) is 3.07. The Bertz CT molecular complexity index is 1080. The first kappa shape index (κ1) is 17.4. The van der Waals surface area contributed by atoms with Gasteiger partial charge in [-0.3, -0.25) is 18.7 Å². The number of fused-ring (bicyclic) bond motifs is 1. The summed E-state index contributed by atoms with van der Waals surface area (Å²) in [7, 11) is -0.331. The molecular formula is C14H19N5O5S.